The monoisotopic (exact) mass is 451 g/mol. The highest BCUT2D eigenvalue weighted by molar-refractivity contribution is 6.21. The zero-order chi connectivity index (χ0) is 23.2. The van der Waals surface area contributed by atoms with E-state index in [4.69, 9.17) is 14.4 Å². The molecule has 5 aromatic carbocycles. The van der Waals surface area contributed by atoms with E-state index in [2.05, 4.69) is 72.0 Å². The molecule has 35 heavy (non-hydrogen) atoms. The minimum absolute atomic E-state index is 0.222. The predicted octanol–water partition coefficient (Wildman–Crippen LogP) is 7.23. The zero-order valence-corrected chi connectivity index (χ0v) is 18.8. The fourth-order valence-corrected chi connectivity index (χ4v) is 4.81. The molecule has 1 aliphatic heterocycles. The van der Waals surface area contributed by atoms with Gasteiger partial charge in [-0.1, -0.05) is 97.1 Å². The Balaban J connectivity index is 1.43. The highest BCUT2D eigenvalue weighted by Crippen LogP contribution is 2.35. The van der Waals surface area contributed by atoms with Gasteiger partial charge in [-0.2, -0.15) is 0 Å². The smallest absolute Gasteiger partial charge is 0.159 e. The molecule has 2 heterocycles. The summed E-state index contributed by atoms with van der Waals surface area (Å²) in [4.78, 5) is 10.00. The van der Waals surface area contributed by atoms with Gasteiger partial charge in [0.05, 0.1) is 0 Å². The van der Waals surface area contributed by atoms with Gasteiger partial charge >= 0.3 is 0 Å². The Kier molecular flexibility index (Phi) is 4.49. The number of hydrogen-bond donors (Lipinski definition) is 1. The van der Waals surface area contributed by atoms with Crippen LogP contribution in [0.1, 0.15) is 22.9 Å². The Morgan fingerprint density at radius 2 is 1.37 bits per heavy atom. The second kappa shape index (κ2) is 7.96. The molecule has 166 valence electrons. The molecule has 0 saturated carbocycles. The third-order valence-electron chi connectivity index (χ3n) is 6.52. The summed E-state index contributed by atoms with van der Waals surface area (Å²) in [5, 5.41) is 8.06. The summed E-state index contributed by atoms with van der Waals surface area (Å²) < 4.78 is 6.13. The Labute approximate surface area is 202 Å². The lowest BCUT2D eigenvalue weighted by molar-refractivity contribution is 0.669. The van der Waals surface area contributed by atoms with E-state index in [9.17, 15) is 0 Å². The van der Waals surface area contributed by atoms with Crippen LogP contribution in [0.4, 0.5) is 0 Å². The summed E-state index contributed by atoms with van der Waals surface area (Å²) in [5.74, 6) is 1.53. The summed E-state index contributed by atoms with van der Waals surface area (Å²) in [6.07, 6.45) is -0.222. The standard InChI is InChI=1S/C31H21N3O/c1-3-9-21(10-4-1)29-32-30(22-11-5-2-6-12-22)34-31(33-29)23-16-15-20-17-18-27-28(25(20)19-23)24-13-7-8-14-26(24)35-27/h1-19,29H,(H,32,33,34). The van der Waals surface area contributed by atoms with Gasteiger partial charge < -0.3 is 9.73 Å². The number of aliphatic imine (C=N–C) groups is 2. The molecule has 0 spiro atoms. The van der Waals surface area contributed by atoms with Crippen molar-refractivity contribution in [3.8, 4) is 0 Å². The SMILES string of the molecule is c1ccc(C2=NC(c3ccc4ccc5oc6ccccc6c5c4c3)=NC(c3ccccc3)N2)cc1. The van der Waals surface area contributed by atoms with Crippen LogP contribution in [-0.2, 0) is 0 Å². The predicted molar refractivity (Wildman–Crippen MR) is 143 cm³/mol. The maximum Gasteiger partial charge on any atom is 0.159 e. The minimum Gasteiger partial charge on any atom is -0.456 e. The first kappa shape index (κ1) is 19.7. The molecular weight excluding hydrogens is 430 g/mol. The van der Waals surface area contributed by atoms with Crippen LogP contribution in [0.3, 0.4) is 0 Å². The van der Waals surface area contributed by atoms with Crippen LogP contribution in [-0.4, -0.2) is 11.7 Å². The number of rotatable bonds is 3. The van der Waals surface area contributed by atoms with Crippen LogP contribution in [0, 0.1) is 0 Å². The third-order valence-corrected chi connectivity index (χ3v) is 6.52. The molecule has 1 aliphatic rings. The number of furan rings is 1. The van der Waals surface area contributed by atoms with Crippen molar-refractivity contribution in [2.75, 3.05) is 0 Å². The molecule has 0 bridgehead atoms. The number of para-hydroxylation sites is 1. The molecular formula is C31H21N3O. The van der Waals surface area contributed by atoms with Gasteiger partial charge in [-0.05, 0) is 34.5 Å². The van der Waals surface area contributed by atoms with Gasteiger partial charge in [0.2, 0.25) is 0 Å². The van der Waals surface area contributed by atoms with Gasteiger partial charge in [0.25, 0.3) is 0 Å². The van der Waals surface area contributed by atoms with Crippen molar-refractivity contribution < 1.29 is 4.42 Å². The van der Waals surface area contributed by atoms with Crippen LogP contribution < -0.4 is 5.32 Å². The Hall–Kier alpha value is -4.70. The van der Waals surface area contributed by atoms with E-state index in [0.717, 1.165) is 55.2 Å². The zero-order valence-electron chi connectivity index (χ0n) is 18.8. The molecule has 1 aromatic heterocycles. The molecule has 1 atom stereocenters. The van der Waals surface area contributed by atoms with Gasteiger partial charge in [-0.15, -0.1) is 0 Å². The maximum absolute atomic E-state index is 6.13. The van der Waals surface area contributed by atoms with Crippen molar-refractivity contribution in [2.45, 2.75) is 6.17 Å². The summed E-state index contributed by atoms with van der Waals surface area (Å²) in [5.41, 5.74) is 4.89. The third kappa shape index (κ3) is 3.39. The molecule has 4 heteroatoms. The fourth-order valence-electron chi connectivity index (χ4n) is 4.81. The number of hydrogen-bond acceptors (Lipinski definition) is 4. The van der Waals surface area contributed by atoms with Crippen LogP contribution in [0.2, 0.25) is 0 Å². The van der Waals surface area contributed by atoms with Crippen molar-refractivity contribution in [2.24, 2.45) is 9.98 Å². The summed E-state index contributed by atoms with van der Waals surface area (Å²) in [6.45, 7) is 0. The lowest BCUT2D eigenvalue weighted by atomic mass is 10.0. The van der Waals surface area contributed by atoms with E-state index in [0.29, 0.717) is 5.84 Å². The molecule has 6 aromatic rings. The average Bonchev–Trinajstić information content (AvgIpc) is 3.33. The van der Waals surface area contributed by atoms with E-state index in [1.807, 2.05) is 48.5 Å². The van der Waals surface area contributed by atoms with Gasteiger partial charge in [-0.25, -0.2) is 9.98 Å². The van der Waals surface area contributed by atoms with Crippen molar-refractivity contribution >= 4 is 44.4 Å². The van der Waals surface area contributed by atoms with Crippen LogP contribution >= 0.6 is 0 Å². The fraction of sp³-hybridized carbons (Fsp3) is 0.0323. The topological polar surface area (TPSA) is 49.9 Å². The van der Waals surface area contributed by atoms with Crippen LogP contribution in [0.5, 0.6) is 0 Å². The Morgan fingerprint density at radius 3 is 2.23 bits per heavy atom. The molecule has 0 saturated heterocycles. The lowest BCUT2D eigenvalue weighted by Gasteiger charge is -2.23. The molecule has 7 rings (SSSR count). The number of nitrogens with one attached hydrogen (secondary N) is 1. The molecule has 0 radical (unpaired) electrons. The quantitative estimate of drug-likeness (QED) is 0.308. The van der Waals surface area contributed by atoms with Gasteiger partial charge in [0.15, 0.2) is 5.84 Å². The second-order valence-electron chi connectivity index (χ2n) is 8.71. The van der Waals surface area contributed by atoms with Crippen molar-refractivity contribution in [3.63, 3.8) is 0 Å². The second-order valence-corrected chi connectivity index (χ2v) is 8.71. The van der Waals surface area contributed by atoms with E-state index in [1.165, 1.54) is 0 Å². The molecule has 0 aliphatic carbocycles. The van der Waals surface area contributed by atoms with Crippen LogP contribution in [0.15, 0.2) is 130 Å². The highest BCUT2D eigenvalue weighted by Gasteiger charge is 2.21. The summed E-state index contributed by atoms with van der Waals surface area (Å²) in [7, 11) is 0. The number of benzene rings is 5. The van der Waals surface area contributed by atoms with E-state index in [-0.39, 0.29) is 6.17 Å². The first-order valence-electron chi connectivity index (χ1n) is 11.7. The highest BCUT2D eigenvalue weighted by atomic mass is 16.3. The molecule has 1 N–H and O–H groups in total. The average molecular weight is 452 g/mol. The largest absolute Gasteiger partial charge is 0.456 e. The molecule has 1 unspecified atom stereocenters. The first-order valence-corrected chi connectivity index (χ1v) is 11.7. The van der Waals surface area contributed by atoms with Crippen molar-refractivity contribution in [1.82, 2.24) is 5.32 Å². The Bertz CT molecular complexity index is 1770. The van der Waals surface area contributed by atoms with Gasteiger partial charge in [-0.3, -0.25) is 0 Å². The Morgan fingerprint density at radius 1 is 0.629 bits per heavy atom. The molecule has 0 fully saturated rings. The van der Waals surface area contributed by atoms with Crippen molar-refractivity contribution in [1.29, 1.82) is 0 Å². The minimum atomic E-state index is -0.222. The molecule has 4 nitrogen and oxygen atoms in total. The lowest BCUT2D eigenvalue weighted by Crippen LogP contribution is -2.33. The van der Waals surface area contributed by atoms with Crippen molar-refractivity contribution in [3.05, 3.63) is 132 Å². The van der Waals surface area contributed by atoms with Gasteiger partial charge in [0, 0.05) is 21.9 Å². The summed E-state index contributed by atoms with van der Waals surface area (Å²) in [6, 6.07) is 39.3. The summed E-state index contributed by atoms with van der Waals surface area (Å²) >= 11 is 0. The number of amidine groups is 2. The van der Waals surface area contributed by atoms with E-state index >= 15 is 0 Å². The van der Waals surface area contributed by atoms with E-state index < -0.39 is 0 Å². The number of fused-ring (bicyclic) bond motifs is 5. The first-order chi connectivity index (χ1) is 17.3. The van der Waals surface area contributed by atoms with Crippen LogP contribution in [0.25, 0.3) is 32.7 Å². The van der Waals surface area contributed by atoms with Gasteiger partial charge in [0.1, 0.15) is 23.2 Å². The number of nitrogens with zero attached hydrogens (tertiary/aromatic N) is 2. The normalized spacial score (nSPS) is 15.7. The molecule has 0 amide bonds. The van der Waals surface area contributed by atoms with E-state index in [1.54, 1.807) is 0 Å². The maximum atomic E-state index is 6.13.